The first kappa shape index (κ1) is 16.0. The second-order valence-electron chi connectivity index (χ2n) is 5.50. The minimum Gasteiger partial charge on any atom is -0.368 e. The standard InChI is InChI=1S/C13H20N2O5S/c1-21(18,19)14-12-8-7-10(15(16)17)9-13(12)20-11-5-3-2-4-6-11/h7-8,11,13-14H,2-6,9H2,1H3. The Balaban J connectivity index is 2.13. The summed E-state index contributed by atoms with van der Waals surface area (Å²) in [4.78, 5) is 10.4. The molecule has 0 radical (unpaired) electrons. The average molecular weight is 316 g/mol. The normalized spacial score (nSPS) is 24.1. The third-order valence-electron chi connectivity index (χ3n) is 3.64. The lowest BCUT2D eigenvalue weighted by Crippen LogP contribution is -2.36. The maximum Gasteiger partial charge on any atom is 0.249 e. The minimum atomic E-state index is -3.43. The van der Waals surface area contributed by atoms with Crippen molar-refractivity contribution in [3.05, 3.63) is 33.7 Å². The molecule has 2 aliphatic carbocycles. The lowest BCUT2D eigenvalue weighted by atomic mass is 9.97. The molecule has 1 atom stereocenters. The van der Waals surface area contributed by atoms with Gasteiger partial charge in [-0.2, -0.15) is 0 Å². The molecule has 1 fully saturated rings. The van der Waals surface area contributed by atoms with Crippen molar-refractivity contribution < 1.29 is 18.1 Å². The first-order chi connectivity index (χ1) is 9.85. The molecule has 118 valence electrons. The highest BCUT2D eigenvalue weighted by atomic mass is 32.2. The molecular formula is C13H20N2O5S. The van der Waals surface area contributed by atoms with Crippen LogP contribution in [0.5, 0.6) is 0 Å². The summed E-state index contributed by atoms with van der Waals surface area (Å²) in [7, 11) is -3.43. The SMILES string of the molecule is CS(=O)(=O)NC1=CC=C([N+](=O)[O-])CC1OC1CCCCC1. The monoisotopic (exact) mass is 316 g/mol. The molecule has 0 heterocycles. The Bertz CT molecular complexity index is 561. The summed E-state index contributed by atoms with van der Waals surface area (Å²) < 4.78 is 31.1. The highest BCUT2D eigenvalue weighted by Gasteiger charge is 2.30. The quantitative estimate of drug-likeness (QED) is 0.615. The smallest absolute Gasteiger partial charge is 0.249 e. The number of nitro groups is 1. The van der Waals surface area contributed by atoms with E-state index >= 15 is 0 Å². The highest BCUT2D eigenvalue weighted by molar-refractivity contribution is 7.88. The molecule has 0 aliphatic heterocycles. The van der Waals surface area contributed by atoms with Gasteiger partial charge >= 0.3 is 0 Å². The van der Waals surface area contributed by atoms with E-state index in [2.05, 4.69) is 4.72 Å². The van der Waals surface area contributed by atoms with E-state index in [9.17, 15) is 18.5 Å². The summed E-state index contributed by atoms with van der Waals surface area (Å²) >= 11 is 0. The number of hydrogen-bond acceptors (Lipinski definition) is 5. The Labute approximate surface area is 124 Å². The van der Waals surface area contributed by atoms with Crippen molar-refractivity contribution in [1.82, 2.24) is 4.72 Å². The van der Waals surface area contributed by atoms with Crippen LogP contribution in [0.3, 0.4) is 0 Å². The molecule has 0 saturated heterocycles. The van der Waals surface area contributed by atoms with Gasteiger partial charge in [0.1, 0.15) is 6.10 Å². The van der Waals surface area contributed by atoms with Gasteiger partial charge in [-0.05, 0) is 18.9 Å². The molecule has 2 rings (SSSR count). The van der Waals surface area contributed by atoms with Gasteiger partial charge in [0.25, 0.3) is 0 Å². The molecule has 0 spiro atoms. The topological polar surface area (TPSA) is 98.5 Å². The van der Waals surface area contributed by atoms with Crippen molar-refractivity contribution in [3.63, 3.8) is 0 Å². The van der Waals surface area contributed by atoms with Gasteiger partial charge in [0.2, 0.25) is 15.7 Å². The van der Waals surface area contributed by atoms with E-state index in [4.69, 9.17) is 4.74 Å². The molecule has 2 aliphatic rings. The van der Waals surface area contributed by atoms with Crippen LogP contribution in [0.25, 0.3) is 0 Å². The Kier molecular flexibility index (Phi) is 5.00. The summed E-state index contributed by atoms with van der Waals surface area (Å²) in [5.41, 5.74) is 0.406. The zero-order valence-electron chi connectivity index (χ0n) is 11.9. The van der Waals surface area contributed by atoms with Crippen molar-refractivity contribution in [2.75, 3.05) is 6.26 Å². The third-order valence-corrected chi connectivity index (χ3v) is 4.25. The van der Waals surface area contributed by atoms with E-state index in [0.717, 1.165) is 31.9 Å². The van der Waals surface area contributed by atoms with Gasteiger partial charge in [-0.25, -0.2) is 8.42 Å². The molecule has 7 nitrogen and oxygen atoms in total. The van der Waals surface area contributed by atoms with E-state index in [-0.39, 0.29) is 18.2 Å². The van der Waals surface area contributed by atoms with E-state index < -0.39 is 21.1 Å². The zero-order chi connectivity index (χ0) is 15.5. The van der Waals surface area contributed by atoms with Crippen molar-refractivity contribution >= 4 is 10.0 Å². The summed E-state index contributed by atoms with van der Waals surface area (Å²) in [6, 6.07) is 0. The van der Waals surface area contributed by atoms with Gasteiger partial charge in [0.15, 0.2) is 0 Å². The fourth-order valence-electron chi connectivity index (χ4n) is 2.67. The molecule has 8 heteroatoms. The molecule has 21 heavy (non-hydrogen) atoms. The average Bonchev–Trinajstić information content (AvgIpc) is 2.40. The van der Waals surface area contributed by atoms with Gasteiger partial charge in [0, 0.05) is 6.08 Å². The van der Waals surface area contributed by atoms with Gasteiger partial charge in [-0.1, -0.05) is 19.3 Å². The van der Waals surface area contributed by atoms with Crippen LogP contribution in [0.1, 0.15) is 38.5 Å². The molecular weight excluding hydrogens is 296 g/mol. The number of rotatable bonds is 5. The summed E-state index contributed by atoms with van der Waals surface area (Å²) in [6.07, 6.45) is 8.49. The van der Waals surface area contributed by atoms with Gasteiger partial charge in [0.05, 0.1) is 29.4 Å². The molecule has 1 saturated carbocycles. The van der Waals surface area contributed by atoms with Gasteiger partial charge in [-0.3, -0.25) is 14.8 Å². The lowest BCUT2D eigenvalue weighted by molar-refractivity contribution is -0.429. The third kappa shape index (κ3) is 4.82. The zero-order valence-corrected chi connectivity index (χ0v) is 12.8. The van der Waals surface area contributed by atoms with Crippen LogP contribution in [0.4, 0.5) is 0 Å². The number of nitrogens with zero attached hydrogens (tertiary/aromatic N) is 1. The van der Waals surface area contributed by atoms with Crippen LogP contribution in [0.2, 0.25) is 0 Å². The first-order valence-corrected chi connectivity index (χ1v) is 8.92. The summed E-state index contributed by atoms with van der Waals surface area (Å²) in [5, 5.41) is 10.9. The van der Waals surface area contributed by atoms with Crippen LogP contribution in [0, 0.1) is 10.1 Å². The van der Waals surface area contributed by atoms with E-state index in [0.29, 0.717) is 5.70 Å². The molecule has 0 bridgehead atoms. The molecule has 0 amide bonds. The minimum absolute atomic E-state index is 0.0369. The number of allylic oxidation sites excluding steroid dienone is 2. The van der Waals surface area contributed by atoms with Crippen molar-refractivity contribution in [1.29, 1.82) is 0 Å². The van der Waals surface area contributed by atoms with E-state index in [1.807, 2.05) is 0 Å². The summed E-state index contributed by atoms with van der Waals surface area (Å²) in [5.74, 6) is 0. The van der Waals surface area contributed by atoms with Crippen molar-refractivity contribution in [2.45, 2.75) is 50.7 Å². The second-order valence-corrected chi connectivity index (χ2v) is 7.25. The van der Waals surface area contributed by atoms with Crippen LogP contribution < -0.4 is 4.72 Å². The number of nitrogens with one attached hydrogen (secondary N) is 1. The molecule has 0 aromatic heterocycles. The first-order valence-electron chi connectivity index (χ1n) is 7.03. The Morgan fingerprint density at radius 3 is 2.52 bits per heavy atom. The van der Waals surface area contributed by atoms with Crippen molar-refractivity contribution in [2.24, 2.45) is 0 Å². The fraction of sp³-hybridized carbons (Fsp3) is 0.692. The second kappa shape index (κ2) is 6.57. The van der Waals surface area contributed by atoms with Crippen LogP contribution >= 0.6 is 0 Å². The maximum absolute atomic E-state index is 11.4. The molecule has 0 aromatic rings. The van der Waals surface area contributed by atoms with Gasteiger partial charge < -0.3 is 4.74 Å². The van der Waals surface area contributed by atoms with Crippen molar-refractivity contribution in [3.8, 4) is 0 Å². The largest absolute Gasteiger partial charge is 0.368 e. The van der Waals surface area contributed by atoms with Crippen LogP contribution in [-0.2, 0) is 14.8 Å². The summed E-state index contributed by atoms with van der Waals surface area (Å²) in [6.45, 7) is 0. The van der Waals surface area contributed by atoms with E-state index in [1.54, 1.807) is 0 Å². The lowest BCUT2D eigenvalue weighted by Gasteiger charge is -2.29. The van der Waals surface area contributed by atoms with Crippen LogP contribution in [0.15, 0.2) is 23.5 Å². The number of hydrogen-bond donors (Lipinski definition) is 1. The molecule has 0 aromatic carbocycles. The Morgan fingerprint density at radius 1 is 1.29 bits per heavy atom. The van der Waals surface area contributed by atoms with E-state index in [1.165, 1.54) is 18.6 Å². The molecule has 1 N–H and O–H groups in total. The van der Waals surface area contributed by atoms with Gasteiger partial charge in [-0.15, -0.1) is 0 Å². The predicted molar refractivity (Wildman–Crippen MR) is 77.5 cm³/mol. The fourth-order valence-corrected chi connectivity index (χ4v) is 3.29. The Hall–Kier alpha value is -1.41. The maximum atomic E-state index is 11.4. The Morgan fingerprint density at radius 2 is 1.95 bits per heavy atom. The number of ether oxygens (including phenoxy) is 1. The highest BCUT2D eigenvalue weighted by Crippen LogP contribution is 2.27. The number of sulfonamides is 1. The molecule has 1 unspecified atom stereocenters. The van der Waals surface area contributed by atoms with Crippen LogP contribution in [-0.4, -0.2) is 31.8 Å². The predicted octanol–water partition coefficient (Wildman–Crippen LogP) is 1.70.